The van der Waals surface area contributed by atoms with Crippen molar-refractivity contribution in [2.24, 2.45) is 0 Å². The Bertz CT molecular complexity index is 834. The fourth-order valence-corrected chi connectivity index (χ4v) is 3.93. The molecule has 0 radical (unpaired) electrons. The van der Waals surface area contributed by atoms with Crippen molar-refractivity contribution < 1.29 is 14.3 Å². The molecule has 5 nitrogen and oxygen atoms in total. The number of aryl methyl sites for hydroxylation is 1. The molecule has 3 heterocycles. The van der Waals surface area contributed by atoms with Crippen molar-refractivity contribution in [1.29, 1.82) is 0 Å². The van der Waals surface area contributed by atoms with Gasteiger partial charge in [-0.3, -0.25) is 9.59 Å². The highest BCUT2D eigenvalue weighted by molar-refractivity contribution is 7.11. The van der Waals surface area contributed by atoms with Crippen LogP contribution in [-0.2, 0) is 14.3 Å². The highest BCUT2D eigenvalue weighted by Crippen LogP contribution is 2.36. The number of rotatable bonds is 3. The number of amides is 2. The van der Waals surface area contributed by atoms with Crippen LogP contribution >= 0.6 is 11.3 Å². The molecule has 25 heavy (non-hydrogen) atoms. The van der Waals surface area contributed by atoms with Gasteiger partial charge in [-0.25, -0.2) is 4.90 Å². The molecule has 1 fully saturated rings. The zero-order valence-corrected chi connectivity index (χ0v) is 14.7. The third kappa shape index (κ3) is 2.77. The Hall–Kier alpha value is -2.44. The molecular formula is C19H18N2O3S. The summed E-state index contributed by atoms with van der Waals surface area (Å²) >= 11 is 1.48. The van der Waals surface area contributed by atoms with Crippen molar-refractivity contribution >= 4 is 34.4 Å². The molecule has 2 aliphatic heterocycles. The molecule has 0 spiro atoms. The first-order chi connectivity index (χ1) is 12.2. The summed E-state index contributed by atoms with van der Waals surface area (Å²) in [5.41, 5.74) is 2.69. The number of hydrogen-bond donors (Lipinski definition) is 0. The second-order valence-corrected chi connectivity index (χ2v) is 7.03. The monoisotopic (exact) mass is 354 g/mol. The number of carbonyl (C=O) groups is 2. The van der Waals surface area contributed by atoms with Gasteiger partial charge in [0.2, 0.25) is 0 Å². The first-order valence-electron chi connectivity index (χ1n) is 8.23. The molecule has 1 aromatic carbocycles. The van der Waals surface area contributed by atoms with Crippen molar-refractivity contribution in [3.63, 3.8) is 0 Å². The quantitative estimate of drug-likeness (QED) is 0.795. The van der Waals surface area contributed by atoms with Gasteiger partial charge in [0.1, 0.15) is 5.70 Å². The zero-order valence-electron chi connectivity index (χ0n) is 13.9. The van der Waals surface area contributed by atoms with Crippen LogP contribution in [0.3, 0.4) is 0 Å². The molecule has 128 valence electrons. The molecule has 6 heteroatoms. The van der Waals surface area contributed by atoms with E-state index >= 15 is 0 Å². The van der Waals surface area contributed by atoms with E-state index in [4.69, 9.17) is 4.74 Å². The molecule has 4 rings (SSSR count). The van der Waals surface area contributed by atoms with Gasteiger partial charge in [-0.15, -0.1) is 11.3 Å². The van der Waals surface area contributed by atoms with Crippen LogP contribution in [0.15, 0.2) is 47.5 Å². The zero-order chi connectivity index (χ0) is 17.4. The van der Waals surface area contributed by atoms with Crippen molar-refractivity contribution in [2.75, 3.05) is 31.2 Å². The maximum absolute atomic E-state index is 13.2. The van der Waals surface area contributed by atoms with Gasteiger partial charge in [0.05, 0.1) is 24.5 Å². The first kappa shape index (κ1) is 16.1. The van der Waals surface area contributed by atoms with E-state index in [1.54, 1.807) is 0 Å². The third-order valence-corrected chi connectivity index (χ3v) is 5.33. The SMILES string of the molecule is Cc1ccc(N2C(=O)C(c3cccs3)=C(N3CCOCC3)C2=O)cc1. The highest BCUT2D eigenvalue weighted by atomic mass is 32.1. The lowest BCUT2D eigenvalue weighted by Crippen LogP contribution is -2.40. The van der Waals surface area contributed by atoms with E-state index in [-0.39, 0.29) is 11.8 Å². The molecule has 0 aliphatic carbocycles. The summed E-state index contributed by atoms with van der Waals surface area (Å²) in [6.07, 6.45) is 0. The topological polar surface area (TPSA) is 49.9 Å². The Labute approximate surface area is 150 Å². The Morgan fingerprint density at radius 1 is 1.00 bits per heavy atom. The Kier molecular flexibility index (Phi) is 4.15. The second kappa shape index (κ2) is 6.46. The number of hydrogen-bond acceptors (Lipinski definition) is 5. The van der Waals surface area contributed by atoms with Gasteiger partial charge >= 0.3 is 0 Å². The molecule has 0 bridgehead atoms. The van der Waals surface area contributed by atoms with Gasteiger partial charge in [-0.2, -0.15) is 0 Å². The van der Waals surface area contributed by atoms with Crippen LogP contribution in [0, 0.1) is 6.92 Å². The number of imide groups is 1. The summed E-state index contributed by atoms with van der Waals surface area (Å²) in [6, 6.07) is 11.3. The molecular weight excluding hydrogens is 336 g/mol. The first-order valence-corrected chi connectivity index (χ1v) is 9.11. The van der Waals surface area contributed by atoms with Crippen molar-refractivity contribution in [3.05, 3.63) is 57.9 Å². The number of morpholine rings is 1. The minimum absolute atomic E-state index is 0.251. The van der Waals surface area contributed by atoms with Gasteiger partial charge in [-0.05, 0) is 30.5 Å². The van der Waals surface area contributed by atoms with E-state index in [1.807, 2.05) is 53.6 Å². The van der Waals surface area contributed by atoms with E-state index < -0.39 is 0 Å². The number of nitrogens with zero attached hydrogens (tertiary/aromatic N) is 2. The summed E-state index contributed by atoms with van der Waals surface area (Å²) in [5, 5.41) is 1.92. The summed E-state index contributed by atoms with van der Waals surface area (Å²) in [5.74, 6) is -0.503. The van der Waals surface area contributed by atoms with E-state index in [1.165, 1.54) is 16.2 Å². The van der Waals surface area contributed by atoms with Crippen LogP contribution in [0.25, 0.3) is 5.57 Å². The number of benzene rings is 1. The smallest absolute Gasteiger partial charge is 0.282 e. The minimum Gasteiger partial charge on any atom is -0.378 e. The van der Waals surface area contributed by atoms with Crippen LogP contribution < -0.4 is 4.90 Å². The van der Waals surface area contributed by atoms with Gasteiger partial charge < -0.3 is 9.64 Å². The van der Waals surface area contributed by atoms with E-state index in [0.29, 0.717) is 43.3 Å². The van der Waals surface area contributed by atoms with Crippen molar-refractivity contribution in [3.8, 4) is 0 Å². The van der Waals surface area contributed by atoms with Crippen molar-refractivity contribution in [2.45, 2.75) is 6.92 Å². The number of thiophene rings is 1. The summed E-state index contributed by atoms with van der Waals surface area (Å²) in [4.78, 5) is 30.4. The lowest BCUT2D eigenvalue weighted by atomic mass is 10.1. The number of carbonyl (C=O) groups excluding carboxylic acids is 2. The fourth-order valence-electron chi connectivity index (χ4n) is 3.17. The van der Waals surface area contributed by atoms with Crippen LogP contribution in [0.1, 0.15) is 10.4 Å². The molecule has 0 N–H and O–H groups in total. The molecule has 0 saturated carbocycles. The summed E-state index contributed by atoms with van der Waals surface area (Å²) < 4.78 is 5.40. The molecule has 1 aromatic heterocycles. The maximum atomic E-state index is 13.2. The normalized spacial score (nSPS) is 18.4. The van der Waals surface area contributed by atoms with Crippen LogP contribution in [0.2, 0.25) is 0 Å². The van der Waals surface area contributed by atoms with Crippen LogP contribution in [-0.4, -0.2) is 43.0 Å². The average molecular weight is 354 g/mol. The van der Waals surface area contributed by atoms with E-state index in [9.17, 15) is 9.59 Å². The molecule has 2 amide bonds. The van der Waals surface area contributed by atoms with Gasteiger partial charge in [0.25, 0.3) is 11.8 Å². The van der Waals surface area contributed by atoms with Gasteiger partial charge in [0, 0.05) is 18.0 Å². The maximum Gasteiger partial charge on any atom is 0.282 e. The average Bonchev–Trinajstić information content (AvgIpc) is 3.23. The standard InChI is InChI=1S/C19H18N2O3S/c1-13-4-6-14(7-5-13)21-18(22)16(15-3-2-12-25-15)17(19(21)23)20-8-10-24-11-9-20/h2-7,12H,8-11H2,1H3. The number of ether oxygens (including phenoxy) is 1. The van der Waals surface area contributed by atoms with Crippen LogP contribution in [0.4, 0.5) is 5.69 Å². The molecule has 0 unspecified atom stereocenters. The highest BCUT2D eigenvalue weighted by Gasteiger charge is 2.43. The molecule has 2 aromatic rings. The lowest BCUT2D eigenvalue weighted by Gasteiger charge is -2.29. The molecule has 1 saturated heterocycles. The Morgan fingerprint density at radius 3 is 2.36 bits per heavy atom. The van der Waals surface area contributed by atoms with E-state index in [0.717, 1.165) is 10.4 Å². The lowest BCUT2D eigenvalue weighted by molar-refractivity contribution is -0.121. The van der Waals surface area contributed by atoms with Gasteiger partial charge in [-0.1, -0.05) is 23.8 Å². The third-order valence-electron chi connectivity index (χ3n) is 4.45. The second-order valence-electron chi connectivity index (χ2n) is 6.08. The Morgan fingerprint density at radius 2 is 1.72 bits per heavy atom. The minimum atomic E-state index is -0.252. The summed E-state index contributed by atoms with van der Waals surface area (Å²) in [7, 11) is 0. The predicted octanol–water partition coefficient (Wildman–Crippen LogP) is 2.67. The summed E-state index contributed by atoms with van der Waals surface area (Å²) in [6.45, 7) is 4.34. The largest absolute Gasteiger partial charge is 0.378 e. The van der Waals surface area contributed by atoms with Gasteiger partial charge in [0.15, 0.2) is 0 Å². The fraction of sp³-hybridized carbons (Fsp3) is 0.263. The predicted molar refractivity (Wildman–Crippen MR) is 97.3 cm³/mol. The molecule has 0 atom stereocenters. The van der Waals surface area contributed by atoms with Crippen molar-refractivity contribution in [1.82, 2.24) is 4.90 Å². The van der Waals surface area contributed by atoms with Crippen LogP contribution in [0.5, 0.6) is 0 Å². The molecule has 2 aliphatic rings. The number of anilines is 1. The Balaban J connectivity index is 1.79. The van der Waals surface area contributed by atoms with E-state index in [2.05, 4.69) is 0 Å².